The van der Waals surface area contributed by atoms with E-state index in [2.05, 4.69) is 141 Å². The van der Waals surface area contributed by atoms with Crippen LogP contribution in [0.3, 0.4) is 0 Å². The number of aromatic nitrogens is 4. The van der Waals surface area contributed by atoms with Gasteiger partial charge in [0, 0.05) is 27.2 Å². The van der Waals surface area contributed by atoms with Crippen LogP contribution in [0.2, 0.25) is 0 Å². The van der Waals surface area contributed by atoms with Gasteiger partial charge in [-0.05, 0) is 70.8 Å². The zero-order valence-electron chi connectivity index (χ0n) is 25.5. The summed E-state index contributed by atoms with van der Waals surface area (Å²) in [6.07, 6.45) is 1.56. The summed E-state index contributed by atoms with van der Waals surface area (Å²) in [5.41, 5.74) is 10.0. The van der Waals surface area contributed by atoms with Crippen LogP contribution in [0.25, 0.3) is 82.2 Å². The topological polar surface area (TPSA) is 63.8 Å². The number of benzene rings is 6. The smallest absolute Gasteiger partial charge is 0.306 e. The van der Waals surface area contributed by atoms with Gasteiger partial charge in [-0.15, -0.1) is 4.98 Å². The van der Waals surface area contributed by atoms with E-state index in [9.17, 15) is 5.26 Å². The van der Waals surface area contributed by atoms with Crippen LogP contribution in [0.5, 0.6) is 0 Å². The van der Waals surface area contributed by atoms with E-state index in [4.69, 9.17) is 6.57 Å². The van der Waals surface area contributed by atoms with E-state index in [1.807, 2.05) is 28.8 Å². The molecule has 0 atom stereocenters. The van der Waals surface area contributed by atoms with Gasteiger partial charge in [0.15, 0.2) is 17.7 Å². The summed E-state index contributed by atoms with van der Waals surface area (Å²) >= 11 is 0. The first-order chi connectivity index (χ1) is 23.7. The maximum Gasteiger partial charge on any atom is 0.306 e. The van der Waals surface area contributed by atoms with Crippen molar-refractivity contribution in [2.24, 2.45) is 0 Å². The summed E-state index contributed by atoms with van der Waals surface area (Å²) in [6, 6.07) is 51.2. The van der Waals surface area contributed by atoms with Crippen LogP contribution in [-0.2, 0) is 0 Å². The summed E-state index contributed by atoms with van der Waals surface area (Å²) in [4.78, 5) is 12.1. The van der Waals surface area contributed by atoms with Crippen LogP contribution >= 0.6 is 0 Å². The molecule has 222 valence electrons. The van der Waals surface area contributed by atoms with E-state index in [0.29, 0.717) is 5.82 Å². The number of nitrogens with zero attached hydrogens (tertiary/aromatic N) is 6. The lowest BCUT2D eigenvalue weighted by molar-refractivity contribution is 1.04. The number of para-hydroxylation sites is 3. The Morgan fingerprint density at radius 2 is 1.04 bits per heavy atom. The van der Waals surface area contributed by atoms with Crippen molar-refractivity contribution >= 4 is 49.4 Å². The molecule has 0 unspecified atom stereocenters. The molecule has 3 aromatic heterocycles. The molecule has 0 saturated carbocycles. The number of hydrogen-bond acceptors (Lipinski definition) is 3. The Bertz CT molecular complexity index is 2790. The molecular weight excluding hydrogens is 589 g/mol. The molecule has 0 fully saturated rings. The molecule has 9 aromatic rings. The zero-order valence-corrected chi connectivity index (χ0v) is 25.5. The molecule has 3 heterocycles. The van der Waals surface area contributed by atoms with Crippen molar-refractivity contribution in [1.82, 2.24) is 19.1 Å². The average molecular weight is 613 g/mol. The lowest BCUT2D eigenvalue weighted by atomic mass is 9.98. The first kappa shape index (κ1) is 27.3. The van der Waals surface area contributed by atoms with Gasteiger partial charge in [0.1, 0.15) is 6.07 Å². The van der Waals surface area contributed by atoms with E-state index >= 15 is 0 Å². The van der Waals surface area contributed by atoms with Gasteiger partial charge < -0.3 is 9.41 Å². The van der Waals surface area contributed by atoms with Crippen molar-refractivity contribution in [2.45, 2.75) is 0 Å². The highest BCUT2D eigenvalue weighted by Gasteiger charge is 2.17. The fourth-order valence-corrected chi connectivity index (χ4v) is 6.90. The van der Waals surface area contributed by atoms with Crippen molar-refractivity contribution in [3.05, 3.63) is 163 Å². The first-order valence-corrected chi connectivity index (χ1v) is 15.6. The second kappa shape index (κ2) is 10.8. The highest BCUT2D eigenvalue weighted by molar-refractivity contribution is 6.11. The Kier molecular flexibility index (Phi) is 6.15. The number of rotatable bonds is 4. The standard InChI is InChI=1S/C42H24N6/c1-44-42-36(25-43)46-41(26-45-42)48-38-14-8-6-12-33(38)35-24-30(20-22-40(35)48)28-17-15-27(16-18-28)29-19-21-39-34(23-29)32-11-5-7-13-37(32)47(39)31-9-3-2-4-10-31/h2-24,26H. The van der Waals surface area contributed by atoms with Crippen molar-refractivity contribution in [2.75, 3.05) is 0 Å². The lowest BCUT2D eigenvalue weighted by Crippen LogP contribution is -2.00. The Labute approximate surface area is 275 Å². The van der Waals surface area contributed by atoms with Gasteiger partial charge in [0.05, 0.1) is 22.1 Å². The van der Waals surface area contributed by atoms with Crippen molar-refractivity contribution in [1.29, 1.82) is 5.26 Å². The van der Waals surface area contributed by atoms with Gasteiger partial charge in [-0.2, -0.15) is 5.26 Å². The average Bonchev–Trinajstić information content (AvgIpc) is 3.67. The normalized spacial score (nSPS) is 11.3. The fourth-order valence-electron chi connectivity index (χ4n) is 6.90. The van der Waals surface area contributed by atoms with Crippen LogP contribution in [0.15, 0.2) is 146 Å². The van der Waals surface area contributed by atoms with Crippen LogP contribution < -0.4 is 0 Å². The van der Waals surface area contributed by atoms with E-state index in [1.165, 1.54) is 27.4 Å². The predicted octanol–water partition coefficient (Wildman–Crippen LogP) is 10.4. The molecule has 0 radical (unpaired) electrons. The zero-order chi connectivity index (χ0) is 32.2. The van der Waals surface area contributed by atoms with E-state index in [1.54, 1.807) is 6.20 Å². The summed E-state index contributed by atoms with van der Waals surface area (Å²) in [5.74, 6) is 0.512. The highest BCUT2D eigenvalue weighted by atomic mass is 15.1. The minimum Gasteiger partial charge on any atom is -0.358 e. The summed E-state index contributed by atoms with van der Waals surface area (Å²) in [6.45, 7) is 7.32. The third-order valence-electron chi connectivity index (χ3n) is 9.09. The monoisotopic (exact) mass is 612 g/mol. The molecule has 9 rings (SSSR count). The minimum absolute atomic E-state index is 0.00612. The molecule has 0 amide bonds. The molecule has 6 aromatic carbocycles. The Morgan fingerprint density at radius 3 is 1.62 bits per heavy atom. The molecule has 48 heavy (non-hydrogen) atoms. The molecule has 0 bridgehead atoms. The molecule has 6 heteroatoms. The fraction of sp³-hybridized carbons (Fsp3) is 0. The SMILES string of the molecule is [C-]#[N+]c1ncc(-n2c3ccccc3c3cc(-c4ccc(-c5ccc6c(c5)c5ccccc5n6-c5ccccc5)cc4)ccc32)nc1C#N. The Balaban J connectivity index is 1.12. The van der Waals surface area contributed by atoms with Crippen LogP contribution in [-0.4, -0.2) is 19.1 Å². The maximum absolute atomic E-state index is 9.58. The summed E-state index contributed by atoms with van der Waals surface area (Å²) < 4.78 is 4.34. The molecule has 0 N–H and O–H groups in total. The third kappa shape index (κ3) is 4.18. The first-order valence-electron chi connectivity index (χ1n) is 15.6. The predicted molar refractivity (Wildman–Crippen MR) is 193 cm³/mol. The highest BCUT2D eigenvalue weighted by Crippen LogP contribution is 2.37. The minimum atomic E-state index is 0.00612. The molecule has 0 aliphatic heterocycles. The van der Waals surface area contributed by atoms with Gasteiger partial charge in [0.25, 0.3) is 0 Å². The Morgan fingerprint density at radius 1 is 0.542 bits per heavy atom. The van der Waals surface area contributed by atoms with Gasteiger partial charge in [0.2, 0.25) is 0 Å². The quantitative estimate of drug-likeness (QED) is 0.186. The molecular formula is C42H24N6. The lowest BCUT2D eigenvalue weighted by Gasteiger charge is -2.09. The number of hydrogen-bond donors (Lipinski definition) is 0. The van der Waals surface area contributed by atoms with Crippen molar-refractivity contribution in [3.8, 4) is 39.8 Å². The maximum atomic E-state index is 9.58. The van der Waals surface area contributed by atoms with Gasteiger partial charge in [-0.25, -0.2) is 4.98 Å². The van der Waals surface area contributed by atoms with E-state index in [-0.39, 0.29) is 11.5 Å². The van der Waals surface area contributed by atoms with Gasteiger partial charge in [-0.3, -0.25) is 4.57 Å². The van der Waals surface area contributed by atoms with Crippen molar-refractivity contribution < 1.29 is 0 Å². The summed E-state index contributed by atoms with van der Waals surface area (Å²) in [5, 5.41) is 14.2. The molecule has 6 nitrogen and oxygen atoms in total. The van der Waals surface area contributed by atoms with Crippen LogP contribution in [0.1, 0.15) is 5.69 Å². The second-order valence-corrected chi connectivity index (χ2v) is 11.7. The van der Waals surface area contributed by atoms with Gasteiger partial charge >= 0.3 is 5.82 Å². The molecule has 0 aliphatic carbocycles. The van der Waals surface area contributed by atoms with Crippen LogP contribution in [0.4, 0.5) is 5.82 Å². The van der Waals surface area contributed by atoms with Crippen molar-refractivity contribution in [3.63, 3.8) is 0 Å². The Hall–Kier alpha value is -7.02. The summed E-state index contributed by atoms with van der Waals surface area (Å²) in [7, 11) is 0. The number of nitriles is 1. The number of fused-ring (bicyclic) bond motifs is 6. The molecule has 0 saturated heterocycles. The molecule has 0 aliphatic rings. The third-order valence-corrected chi connectivity index (χ3v) is 9.09. The largest absolute Gasteiger partial charge is 0.358 e. The van der Waals surface area contributed by atoms with Gasteiger partial charge in [-0.1, -0.05) is 97.6 Å². The molecule has 0 spiro atoms. The van der Waals surface area contributed by atoms with E-state index < -0.39 is 0 Å². The van der Waals surface area contributed by atoms with Crippen LogP contribution in [0, 0.1) is 17.9 Å². The second-order valence-electron chi connectivity index (χ2n) is 11.7. The van der Waals surface area contributed by atoms with E-state index in [0.717, 1.165) is 44.2 Å².